The highest BCUT2D eigenvalue weighted by atomic mass is 16.6. The molecule has 126 heavy (non-hydrogen) atoms. The molecule has 0 saturated carbocycles. The van der Waals surface area contributed by atoms with Crippen LogP contribution in [0.5, 0.6) is 34.5 Å². The second-order valence-electron chi connectivity index (χ2n) is 28.6. The van der Waals surface area contributed by atoms with Crippen LogP contribution in [0.2, 0.25) is 0 Å². The minimum atomic E-state index is -1.85. The average Bonchev–Trinajstić information content (AvgIpc) is 1.61. The number of ether oxygens (including phenoxy) is 18. The molecule has 7 rings (SSSR count). The van der Waals surface area contributed by atoms with Crippen LogP contribution in [-0.2, 0) is 105 Å². The van der Waals surface area contributed by atoms with Crippen LogP contribution >= 0.6 is 0 Å². The molecule has 0 unspecified atom stereocenters. The molecule has 0 bridgehead atoms. The number of aliphatic hydroxyl groups is 12. The van der Waals surface area contributed by atoms with Crippen molar-refractivity contribution < 1.29 is 205 Å². The highest BCUT2D eigenvalue weighted by Gasteiger charge is 2.48. The Kier molecular flexibility index (Phi) is 44.1. The molecule has 4 aliphatic rings. The molecule has 0 radical (unpaired) electrons. The topological polar surface area (TPSA) is 695 Å². The van der Waals surface area contributed by atoms with Crippen molar-refractivity contribution in [1.29, 1.82) is 0 Å². The number of carboxylic acid groups (broad SMARTS) is 3. The number of fused-ring (bicyclic) bond motifs is 3. The Morgan fingerprint density at radius 2 is 0.532 bits per heavy atom. The maximum Gasteiger partial charge on any atom is 0.407 e. The Morgan fingerprint density at radius 1 is 0.317 bits per heavy atom. The molecular formula is C78H114N6O42. The van der Waals surface area contributed by atoms with Gasteiger partial charge in [-0.2, -0.15) is 0 Å². The summed E-state index contributed by atoms with van der Waals surface area (Å²) in [4.78, 5) is 112. The van der Waals surface area contributed by atoms with Crippen LogP contribution in [0.1, 0.15) is 71.9 Å². The van der Waals surface area contributed by atoms with Gasteiger partial charge in [0.25, 0.3) is 0 Å². The Balaban J connectivity index is 0.930. The van der Waals surface area contributed by atoms with Crippen LogP contribution in [0.4, 0.5) is 14.4 Å². The maximum absolute atomic E-state index is 13.1. The van der Waals surface area contributed by atoms with Crippen LogP contribution in [0.25, 0.3) is 0 Å². The summed E-state index contributed by atoms with van der Waals surface area (Å²) in [5.41, 5.74) is 5.04. The van der Waals surface area contributed by atoms with Gasteiger partial charge in [-0.05, 0) is 108 Å². The fraction of sp³-hybridized carbons (Fsp3) is 0.654. The molecule has 0 spiro atoms. The van der Waals surface area contributed by atoms with Gasteiger partial charge in [-0.3, -0.25) is 28.8 Å². The molecule has 21 N–H and O–H groups in total. The first-order valence-electron chi connectivity index (χ1n) is 40.1. The van der Waals surface area contributed by atoms with Crippen molar-refractivity contribution in [3.05, 3.63) is 69.8 Å². The summed E-state index contributed by atoms with van der Waals surface area (Å²) in [7, 11) is 4.47. The third kappa shape index (κ3) is 32.5. The number of carbonyl (C=O) groups excluding carboxylic acids is 6. The fourth-order valence-electron chi connectivity index (χ4n) is 13.1. The lowest BCUT2D eigenvalue weighted by atomic mass is 9.94. The van der Waals surface area contributed by atoms with Crippen LogP contribution in [-0.4, -0.2) is 401 Å². The maximum atomic E-state index is 13.1. The number of carbonyl (C=O) groups is 9. The Bertz CT molecular complexity index is 3550. The summed E-state index contributed by atoms with van der Waals surface area (Å²) in [6, 6.07) is 6.65. The van der Waals surface area contributed by atoms with Crippen LogP contribution in [0, 0.1) is 0 Å². The lowest BCUT2D eigenvalue weighted by Gasteiger charge is -2.40. The van der Waals surface area contributed by atoms with Gasteiger partial charge in [0.05, 0.1) is 120 Å². The number of alkyl carbamates (subject to hydrolysis) is 3. The zero-order chi connectivity index (χ0) is 91.9. The molecule has 48 nitrogen and oxygen atoms in total. The highest BCUT2D eigenvalue weighted by molar-refractivity contribution is 5.88. The number of hydrogen-bond donors (Lipinski definition) is 21. The molecule has 18 atom stereocenters. The highest BCUT2D eigenvalue weighted by Crippen LogP contribution is 2.41. The van der Waals surface area contributed by atoms with Crippen molar-refractivity contribution in [3.8, 4) is 34.5 Å². The third-order valence-corrected chi connectivity index (χ3v) is 19.9. The molecule has 48 heteroatoms. The number of aliphatic carboxylic acids is 3. The standard InChI is InChI=1S/C78H114N6O42/c1-109-49-31-40-28-44-35-53(119-23-17-113-11-14-116-20-26-122-77(107)80-47(5-8-59(90)91)71(104)83-74-68(101)65(98)62(95)56(38-86)125-74)51(111-3)33-42(44)30-45-36-54(120-24-18-114-12-15-117-21-27-123-78(108)81-48(6-9-60(92)93)72(105)84-75-69(102)66(99)63(96)57(39-87)126-75)50(110-2)32-41(45)29-43(40)34-52(49)118-22-16-112-10-13-115-19-25-121-76(106)79-46(4-7-58(88)89)70(103)82-73-67(100)64(97)61(94)55(37-85)124-73/h31-36,46-48,55-57,61-69,73-75,85-87,94-102H,4-30,37-39H2,1-3H3,(H,79,106)(H,80,107)(H,81,108)(H,82,103)(H,83,104)(H,84,105)(H,88,89)(H,90,91)(H,92,93)/t46-,47-,48-,55+,56+,57+,61-,62-,63-,64-,65-,66-,67+,68+,69+,73+,74+,75+/m0/s1. The Morgan fingerprint density at radius 3 is 0.746 bits per heavy atom. The molecule has 3 fully saturated rings. The van der Waals surface area contributed by atoms with Crippen molar-refractivity contribution >= 4 is 53.9 Å². The minimum Gasteiger partial charge on any atom is -0.493 e. The van der Waals surface area contributed by atoms with Gasteiger partial charge in [0.2, 0.25) is 17.7 Å². The largest absolute Gasteiger partial charge is 0.493 e. The number of nitrogens with one attached hydrogen (secondary N) is 6. The van der Waals surface area contributed by atoms with Crippen molar-refractivity contribution in [3.63, 3.8) is 0 Å². The quantitative estimate of drug-likeness (QED) is 0.0144. The number of benzene rings is 3. The van der Waals surface area contributed by atoms with E-state index < -0.39 is 222 Å². The fourth-order valence-corrected chi connectivity index (χ4v) is 13.1. The number of rotatable bonds is 54. The molecule has 3 aromatic carbocycles. The SMILES string of the molecule is COc1cc2c(cc1OCCOCCOCCOC(=O)N[C@@H](CCC(=O)O)C(=O)N[C@@H]1O[C@H](CO)[C@H](O)[C@H](O)[C@H]1O)Cc1cc(OC)c(OCCOCCOCCOC(=O)N[C@@H](CCC(=O)O)C(=O)N[C@@H]3O[C@H](CO)[C@H](O)[C@H](O)[C@H]3O)cc1Cc1cc(OC)c(OCCOCCOCCOC(=O)N[C@@H](CCC(=O)O)C(=O)N[C@@H]3O[C@H](CO)[C@H](O)[C@H](O)[C@H]3O)cc1C2. The van der Waals surface area contributed by atoms with Crippen molar-refractivity contribution in [2.75, 3.05) is 160 Å². The van der Waals surface area contributed by atoms with Gasteiger partial charge in [0.15, 0.2) is 53.2 Å². The molecule has 0 aromatic heterocycles. The zero-order valence-corrected chi connectivity index (χ0v) is 69.3. The first-order chi connectivity index (χ1) is 60.4. The van der Waals surface area contributed by atoms with E-state index in [-0.39, 0.29) is 119 Å². The first kappa shape index (κ1) is 103. The molecular weight excluding hydrogens is 1690 g/mol. The average molecular weight is 1810 g/mol. The van der Waals surface area contributed by atoms with Crippen molar-refractivity contribution in [2.24, 2.45) is 0 Å². The van der Waals surface area contributed by atoms with E-state index in [9.17, 15) is 120 Å². The van der Waals surface area contributed by atoms with Gasteiger partial charge in [-0.1, -0.05) is 0 Å². The van der Waals surface area contributed by atoms with E-state index >= 15 is 0 Å². The number of amides is 6. The van der Waals surface area contributed by atoms with Gasteiger partial charge in [0, 0.05) is 19.3 Å². The van der Waals surface area contributed by atoms with E-state index in [1.807, 2.05) is 36.4 Å². The van der Waals surface area contributed by atoms with Gasteiger partial charge in [-0.15, -0.1) is 0 Å². The van der Waals surface area contributed by atoms with Crippen molar-refractivity contribution in [2.45, 2.75) is 168 Å². The summed E-state index contributed by atoms with van der Waals surface area (Å²) in [6.07, 6.45) is -30.5. The third-order valence-electron chi connectivity index (χ3n) is 19.9. The second-order valence-corrected chi connectivity index (χ2v) is 28.6. The molecule has 3 aliphatic heterocycles. The summed E-state index contributed by atoms with van der Waals surface area (Å²) < 4.78 is 102. The Labute approximate surface area is 720 Å². The van der Waals surface area contributed by atoms with Gasteiger partial charge < -0.3 is 194 Å². The molecule has 6 amide bonds. The van der Waals surface area contributed by atoms with Crippen LogP contribution in [0.15, 0.2) is 36.4 Å². The zero-order valence-electron chi connectivity index (χ0n) is 69.3. The summed E-state index contributed by atoms with van der Waals surface area (Å²) in [6.45, 7) is -2.97. The molecule has 3 aromatic rings. The lowest BCUT2D eigenvalue weighted by molar-refractivity contribution is -0.236. The Hall–Kier alpha value is -9.75. The smallest absolute Gasteiger partial charge is 0.407 e. The predicted molar refractivity (Wildman–Crippen MR) is 420 cm³/mol. The van der Waals surface area contributed by atoms with E-state index in [2.05, 4.69) is 31.9 Å². The lowest BCUT2D eigenvalue weighted by Crippen LogP contribution is -2.64. The minimum absolute atomic E-state index is 0.0385. The number of methoxy groups -OCH3 is 3. The number of carboxylic acids is 3. The predicted octanol–water partition coefficient (Wildman–Crippen LogP) is -6.34. The normalized spacial score (nSPS) is 23.3. The van der Waals surface area contributed by atoms with Crippen molar-refractivity contribution in [1.82, 2.24) is 31.9 Å². The second kappa shape index (κ2) is 53.8. The van der Waals surface area contributed by atoms with E-state index in [0.29, 0.717) is 53.8 Å². The van der Waals surface area contributed by atoms with E-state index in [1.165, 1.54) is 21.3 Å². The summed E-state index contributed by atoms with van der Waals surface area (Å²) in [5.74, 6) is -4.65. The summed E-state index contributed by atoms with van der Waals surface area (Å²) >= 11 is 0. The van der Waals surface area contributed by atoms with E-state index in [1.54, 1.807) is 0 Å². The molecule has 3 heterocycles. The monoisotopic (exact) mass is 1810 g/mol. The number of hydrogen-bond acceptors (Lipinski definition) is 39. The van der Waals surface area contributed by atoms with E-state index in [0.717, 1.165) is 33.4 Å². The summed E-state index contributed by atoms with van der Waals surface area (Å²) in [5, 5.41) is 162. The van der Waals surface area contributed by atoms with E-state index in [4.69, 9.17) is 85.3 Å². The molecule has 708 valence electrons. The van der Waals surface area contributed by atoms with Crippen LogP contribution < -0.4 is 60.3 Å². The number of aliphatic hydroxyl groups excluding tert-OH is 12. The van der Waals surface area contributed by atoms with Gasteiger partial charge in [-0.25, -0.2) is 14.4 Å². The molecule has 3 saturated heterocycles. The van der Waals surface area contributed by atoms with Gasteiger partial charge in [0.1, 0.15) is 131 Å². The first-order valence-corrected chi connectivity index (χ1v) is 40.1. The van der Waals surface area contributed by atoms with Gasteiger partial charge >= 0.3 is 36.2 Å². The molecule has 1 aliphatic carbocycles. The van der Waals surface area contributed by atoms with Crippen LogP contribution in [0.3, 0.4) is 0 Å².